The van der Waals surface area contributed by atoms with Crippen LogP contribution in [0, 0.1) is 6.92 Å². The van der Waals surface area contributed by atoms with E-state index in [2.05, 4.69) is 81.6 Å². The molecule has 10 aromatic rings. The van der Waals surface area contributed by atoms with Crippen LogP contribution >= 0.6 is 0 Å². The third-order valence-corrected chi connectivity index (χ3v) is 11.1. The number of carbonyl (C=O) groups excluding carboxylic acids is 1. The number of benzene rings is 2. The van der Waals surface area contributed by atoms with Gasteiger partial charge in [-0.05, 0) is 131 Å². The number of rotatable bonds is 13. The van der Waals surface area contributed by atoms with Gasteiger partial charge in [0.15, 0.2) is 0 Å². The quantitative estimate of drug-likeness (QED) is 0.0805. The molecule has 14 nitrogen and oxygen atoms in total. The summed E-state index contributed by atoms with van der Waals surface area (Å²) in [4.78, 5) is 45.5. The molecule has 1 amide bonds. The second kappa shape index (κ2) is 20.1. The van der Waals surface area contributed by atoms with Crippen molar-refractivity contribution in [2.24, 2.45) is 5.73 Å². The van der Waals surface area contributed by atoms with E-state index in [4.69, 9.17) is 19.9 Å². The molecule has 0 aliphatic carbocycles. The van der Waals surface area contributed by atoms with Crippen LogP contribution in [-0.4, -0.2) is 77.9 Å². The lowest BCUT2D eigenvalue weighted by Gasteiger charge is -2.19. The Hall–Kier alpha value is -8.23. The standard InChI is InChI=1S/C29H29N5O3.C25H23N5O/c1-29(2,3)37-28(35)31-12-5-13-36-22-9-7-19(8-10-22)21-14-24-23-15-25(20-6-4-11-30-16-20)32-18-26(23)34-27(24)33-17-21;1-16-3-4-18(13-27-16)23-12-21-22-11-19(14-29-25(22)30-24(21)15-28-23)17-5-7-20(8-6-17)31-10-2-9-26/h4,6-11,14-18H,5,12-13H2,1-3H3,(H,31,35)(H,33,34);3-8,11-15H,2,9-10,26H2,1H3,(H,29,30). The predicted molar refractivity (Wildman–Crippen MR) is 268 cm³/mol. The SMILES string of the molecule is CC(C)(C)OC(=O)NCCCOc1ccc(-c2cnc3[nH]c4cnc(-c5cccnc5)cc4c3c2)cc1.Cc1ccc(-c2cc3c(cn2)[nH]c2ncc(-c4ccc(OCCCN)cc4)cc23)cn1. The highest BCUT2D eigenvalue weighted by atomic mass is 16.6. The Labute approximate surface area is 393 Å². The molecule has 342 valence electrons. The van der Waals surface area contributed by atoms with Gasteiger partial charge in [0.1, 0.15) is 28.4 Å². The lowest BCUT2D eigenvalue weighted by atomic mass is 10.1. The fourth-order valence-corrected chi connectivity index (χ4v) is 7.64. The van der Waals surface area contributed by atoms with E-state index in [9.17, 15) is 4.79 Å². The van der Waals surface area contributed by atoms with Crippen LogP contribution in [0.3, 0.4) is 0 Å². The number of nitrogens with one attached hydrogen (secondary N) is 3. The maximum Gasteiger partial charge on any atom is 0.407 e. The molecule has 8 aromatic heterocycles. The van der Waals surface area contributed by atoms with E-state index < -0.39 is 11.7 Å². The number of fused-ring (bicyclic) bond motifs is 6. The minimum absolute atomic E-state index is 0.415. The first-order valence-electron chi connectivity index (χ1n) is 22.6. The van der Waals surface area contributed by atoms with E-state index in [0.29, 0.717) is 32.7 Å². The molecule has 0 fully saturated rings. The maximum absolute atomic E-state index is 11.7. The second-order valence-electron chi connectivity index (χ2n) is 17.3. The van der Waals surface area contributed by atoms with Crippen LogP contribution < -0.4 is 20.5 Å². The third-order valence-electron chi connectivity index (χ3n) is 11.1. The monoisotopic (exact) mass is 904 g/mol. The predicted octanol–water partition coefficient (Wildman–Crippen LogP) is 11.0. The molecule has 8 heterocycles. The minimum atomic E-state index is -0.503. The van der Waals surface area contributed by atoms with Gasteiger partial charge in [-0.25, -0.2) is 14.8 Å². The van der Waals surface area contributed by atoms with Crippen LogP contribution in [0.15, 0.2) is 140 Å². The van der Waals surface area contributed by atoms with Crippen molar-refractivity contribution in [3.63, 3.8) is 0 Å². The van der Waals surface area contributed by atoms with Gasteiger partial charge in [0.05, 0.1) is 48.0 Å². The number of pyridine rings is 6. The number of hydrogen-bond donors (Lipinski definition) is 4. The van der Waals surface area contributed by atoms with Gasteiger partial charge in [-0.15, -0.1) is 0 Å². The van der Waals surface area contributed by atoms with Crippen LogP contribution in [-0.2, 0) is 4.74 Å². The molecule has 0 saturated heterocycles. The summed E-state index contributed by atoms with van der Waals surface area (Å²) in [6.45, 7) is 9.73. The molecule has 0 saturated carbocycles. The molecule has 14 heteroatoms. The Kier molecular flexibility index (Phi) is 13.3. The average Bonchev–Trinajstić information content (AvgIpc) is 3.91. The molecule has 0 spiro atoms. The van der Waals surface area contributed by atoms with Gasteiger partial charge in [0.2, 0.25) is 0 Å². The Balaban J connectivity index is 0.000000172. The lowest BCUT2D eigenvalue weighted by molar-refractivity contribution is 0.0525. The van der Waals surface area contributed by atoms with E-state index in [1.54, 1.807) is 6.20 Å². The Morgan fingerprint density at radius 2 is 1.12 bits per heavy atom. The van der Waals surface area contributed by atoms with Gasteiger partial charge in [-0.2, -0.15) is 0 Å². The number of alkyl carbamates (subject to hydrolysis) is 1. The van der Waals surface area contributed by atoms with E-state index in [1.165, 1.54) is 0 Å². The average molecular weight is 905 g/mol. The molecule has 0 unspecified atom stereocenters. The van der Waals surface area contributed by atoms with Gasteiger partial charge >= 0.3 is 6.09 Å². The number of nitrogens with zero attached hydrogens (tertiary/aromatic N) is 6. The van der Waals surface area contributed by atoms with Crippen LogP contribution in [0.25, 0.3) is 88.6 Å². The van der Waals surface area contributed by atoms with Gasteiger partial charge < -0.3 is 35.2 Å². The Bertz CT molecular complexity index is 3310. The highest BCUT2D eigenvalue weighted by Crippen LogP contribution is 2.33. The van der Waals surface area contributed by atoms with Crippen LogP contribution in [0.2, 0.25) is 0 Å². The van der Waals surface area contributed by atoms with E-state index in [1.807, 2.05) is 126 Å². The topological polar surface area (TPSA) is 192 Å². The number of aromatic nitrogens is 8. The van der Waals surface area contributed by atoms with Gasteiger partial charge in [0.25, 0.3) is 0 Å². The molecule has 2 aromatic carbocycles. The molecule has 68 heavy (non-hydrogen) atoms. The number of aryl methyl sites for hydroxylation is 1. The second-order valence-corrected chi connectivity index (χ2v) is 17.3. The lowest BCUT2D eigenvalue weighted by Crippen LogP contribution is -2.33. The molecule has 0 bridgehead atoms. The van der Waals surface area contributed by atoms with Crippen molar-refractivity contribution in [2.75, 3.05) is 26.3 Å². The zero-order valence-corrected chi connectivity index (χ0v) is 38.4. The summed E-state index contributed by atoms with van der Waals surface area (Å²) in [5.41, 5.74) is 17.5. The highest BCUT2D eigenvalue weighted by molar-refractivity contribution is 6.08. The molecule has 0 radical (unpaired) electrons. The van der Waals surface area contributed by atoms with Crippen molar-refractivity contribution >= 4 is 50.0 Å². The normalized spacial score (nSPS) is 11.4. The summed E-state index contributed by atoms with van der Waals surface area (Å²) >= 11 is 0. The number of aromatic amines is 2. The summed E-state index contributed by atoms with van der Waals surface area (Å²) in [6.07, 6.45) is 14.0. The van der Waals surface area contributed by atoms with Crippen molar-refractivity contribution in [1.29, 1.82) is 0 Å². The van der Waals surface area contributed by atoms with Crippen molar-refractivity contribution in [1.82, 2.24) is 45.2 Å². The molecule has 0 aliphatic rings. The number of H-pyrrole nitrogens is 2. The number of amides is 1. The molecule has 0 atom stereocenters. The maximum atomic E-state index is 11.7. The number of hydrogen-bond acceptors (Lipinski definition) is 11. The molecular weight excluding hydrogens is 853 g/mol. The number of ether oxygens (including phenoxy) is 3. The fraction of sp³-hybridized carbons (Fsp3) is 0.204. The minimum Gasteiger partial charge on any atom is -0.494 e. The van der Waals surface area contributed by atoms with Gasteiger partial charge in [0, 0.05) is 87.0 Å². The first-order chi connectivity index (χ1) is 33.1. The summed E-state index contributed by atoms with van der Waals surface area (Å²) in [5.74, 6) is 1.62. The van der Waals surface area contributed by atoms with Crippen molar-refractivity contribution in [3.05, 3.63) is 146 Å². The van der Waals surface area contributed by atoms with Crippen LogP contribution in [0.1, 0.15) is 39.3 Å². The zero-order valence-electron chi connectivity index (χ0n) is 38.4. The van der Waals surface area contributed by atoms with Crippen LogP contribution in [0.5, 0.6) is 11.5 Å². The van der Waals surface area contributed by atoms with Crippen molar-refractivity contribution in [2.45, 2.75) is 46.1 Å². The Morgan fingerprint density at radius 1 is 0.588 bits per heavy atom. The highest BCUT2D eigenvalue weighted by Gasteiger charge is 2.16. The van der Waals surface area contributed by atoms with E-state index >= 15 is 0 Å². The largest absolute Gasteiger partial charge is 0.494 e. The number of carbonyl (C=O) groups is 1. The van der Waals surface area contributed by atoms with E-state index in [-0.39, 0.29) is 0 Å². The number of nitrogens with two attached hydrogens (primary N) is 1. The first kappa shape index (κ1) is 44.9. The Morgan fingerprint density at radius 3 is 1.62 bits per heavy atom. The summed E-state index contributed by atoms with van der Waals surface area (Å²) < 4.78 is 16.8. The van der Waals surface area contributed by atoms with Crippen molar-refractivity contribution in [3.8, 4) is 56.3 Å². The fourth-order valence-electron chi connectivity index (χ4n) is 7.64. The van der Waals surface area contributed by atoms with E-state index in [0.717, 1.165) is 112 Å². The summed E-state index contributed by atoms with van der Waals surface area (Å²) in [7, 11) is 0. The molecule has 0 aliphatic heterocycles. The third kappa shape index (κ3) is 10.7. The van der Waals surface area contributed by atoms with Crippen molar-refractivity contribution < 1.29 is 19.0 Å². The smallest absolute Gasteiger partial charge is 0.407 e. The zero-order chi connectivity index (χ0) is 47.0. The molecular formula is C54H52N10O4. The van der Waals surface area contributed by atoms with Gasteiger partial charge in [-0.3, -0.25) is 19.9 Å². The summed E-state index contributed by atoms with van der Waals surface area (Å²) in [5, 5.41) is 7.01. The van der Waals surface area contributed by atoms with Gasteiger partial charge in [-0.1, -0.05) is 24.3 Å². The summed E-state index contributed by atoms with van der Waals surface area (Å²) in [6, 6.07) is 32.5. The molecule has 10 rings (SSSR count). The van der Waals surface area contributed by atoms with Crippen LogP contribution in [0.4, 0.5) is 4.79 Å². The first-order valence-corrected chi connectivity index (χ1v) is 22.6. The molecule has 5 N–H and O–H groups in total.